The minimum atomic E-state index is -0.579. The number of carbonyl (C=O) groups excluding carboxylic acids is 1. The highest BCUT2D eigenvalue weighted by Crippen LogP contribution is 2.26. The van der Waals surface area contributed by atoms with E-state index in [0.717, 1.165) is 35.7 Å². The summed E-state index contributed by atoms with van der Waals surface area (Å²) in [6, 6.07) is 13.0. The third-order valence-electron chi connectivity index (χ3n) is 5.22. The summed E-state index contributed by atoms with van der Waals surface area (Å²) in [7, 11) is 0. The van der Waals surface area contributed by atoms with E-state index in [9.17, 15) is 9.59 Å². The number of rotatable bonds is 4. The van der Waals surface area contributed by atoms with Crippen LogP contribution in [0.25, 0.3) is 21.5 Å². The van der Waals surface area contributed by atoms with Crippen LogP contribution in [0.4, 0.5) is 0 Å². The molecule has 0 bridgehead atoms. The van der Waals surface area contributed by atoms with Gasteiger partial charge in [0.15, 0.2) is 0 Å². The van der Waals surface area contributed by atoms with Gasteiger partial charge < -0.3 is 9.32 Å². The fourth-order valence-electron chi connectivity index (χ4n) is 3.60. The molecule has 152 valence electrons. The SMILES string of the molecule is O=C(c1cc2ccccc2oc1=O)N1CCN(Cc2nc(-c3cccs3)cs2)CC1. The maximum atomic E-state index is 12.9. The molecule has 1 aliphatic rings. The molecular weight excluding hydrogens is 418 g/mol. The summed E-state index contributed by atoms with van der Waals surface area (Å²) in [5.41, 5.74) is 1.05. The Labute approximate surface area is 181 Å². The monoisotopic (exact) mass is 437 g/mol. The number of carbonyl (C=O) groups is 1. The predicted molar refractivity (Wildman–Crippen MR) is 119 cm³/mol. The minimum absolute atomic E-state index is 0.0997. The Morgan fingerprint density at radius 2 is 1.90 bits per heavy atom. The zero-order valence-corrected chi connectivity index (χ0v) is 17.7. The first-order valence-electron chi connectivity index (χ1n) is 9.70. The van der Waals surface area contributed by atoms with Gasteiger partial charge in [-0.3, -0.25) is 9.69 Å². The number of amides is 1. The summed E-state index contributed by atoms with van der Waals surface area (Å²) in [5, 5.41) is 5.98. The second-order valence-electron chi connectivity index (χ2n) is 7.16. The standard InChI is InChI=1S/C22H19N3O3S2/c26-21(16-12-15-4-1-2-5-18(15)28-22(16)27)25-9-7-24(8-10-25)13-20-23-17(14-30-20)19-6-3-11-29-19/h1-6,11-12,14H,7-10,13H2. The largest absolute Gasteiger partial charge is 0.422 e. The number of hydrogen-bond donors (Lipinski definition) is 0. The van der Waals surface area contributed by atoms with E-state index in [2.05, 4.69) is 21.7 Å². The van der Waals surface area contributed by atoms with Gasteiger partial charge in [-0.1, -0.05) is 24.3 Å². The smallest absolute Gasteiger partial charge is 0.349 e. The first-order valence-corrected chi connectivity index (χ1v) is 11.5. The summed E-state index contributed by atoms with van der Waals surface area (Å²) < 4.78 is 5.32. The molecule has 0 aliphatic carbocycles. The molecule has 3 aromatic heterocycles. The maximum absolute atomic E-state index is 12.9. The predicted octanol–water partition coefficient (Wildman–Crippen LogP) is 3.94. The number of piperazine rings is 1. The number of nitrogens with zero attached hydrogens (tertiary/aromatic N) is 3. The summed E-state index contributed by atoms with van der Waals surface area (Å²) >= 11 is 3.36. The number of hydrogen-bond acceptors (Lipinski definition) is 7. The van der Waals surface area contributed by atoms with E-state index < -0.39 is 5.63 Å². The van der Waals surface area contributed by atoms with E-state index in [1.165, 1.54) is 4.88 Å². The fourth-order valence-corrected chi connectivity index (χ4v) is 5.20. The lowest BCUT2D eigenvalue weighted by molar-refractivity contribution is 0.0624. The van der Waals surface area contributed by atoms with Crippen molar-refractivity contribution in [3.05, 3.63) is 74.2 Å². The topological polar surface area (TPSA) is 66.7 Å². The van der Waals surface area contributed by atoms with Crippen molar-refractivity contribution in [2.24, 2.45) is 0 Å². The van der Waals surface area contributed by atoms with E-state index in [4.69, 9.17) is 9.40 Å². The van der Waals surface area contributed by atoms with Gasteiger partial charge in [-0.25, -0.2) is 9.78 Å². The highest BCUT2D eigenvalue weighted by Gasteiger charge is 2.25. The van der Waals surface area contributed by atoms with Gasteiger partial charge in [0.25, 0.3) is 5.91 Å². The van der Waals surface area contributed by atoms with Crippen LogP contribution < -0.4 is 5.63 Å². The lowest BCUT2D eigenvalue weighted by Crippen LogP contribution is -2.49. The average Bonchev–Trinajstić information content (AvgIpc) is 3.45. The van der Waals surface area contributed by atoms with Gasteiger partial charge >= 0.3 is 5.63 Å². The lowest BCUT2D eigenvalue weighted by atomic mass is 10.1. The molecule has 1 aliphatic heterocycles. The molecule has 0 unspecified atom stereocenters. The van der Waals surface area contributed by atoms with Crippen molar-refractivity contribution in [3.63, 3.8) is 0 Å². The quantitative estimate of drug-likeness (QED) is 0.453. The average molecular weight is 438 g/mol. The van der Waals surface area contributed by atoms with Crippen molar-refractivity contribution >= 4 is 39.5 Å². The van der Waals surface area contributed by atoms with Crippen LogP contribution in [0.15, 0.2) is 62.4 Å². The van der Waals surface area contributed by atoms with Crippen molar-refractivity contribution in [2.45, 2.75) is 6.54 Å². The molecule has 4 aromatic rings. The Kier molecular flexibility index (Phi) is 5.20. The summed E-state index contributed by atoms with van der Waals surface area (Å²) in [6.07, 6.45) is 0. The Hall–Kier alpha value is -2.81. The third-order valence-corrected chi connectivity index (χ3v) is 6.94. The molecule has 4 heterocycles. The Morgan fingerprint density at radius 3 is 2.70 bits per heavy atom. The van der Waals surface area contributed by atoms with Gasteiger partial charge in [0.1, 0.15) is 16.2 Å². The van der Waals surface area contributed by atoms with Crippen molar-refractivity contribution in [2.75, 3.05) is 26.2 Å². The number of para-hydroxylation sites is 1. The van der Waals surface area contributed by atoms with Gasteiger partial charge in [-0.2, -0.15) is 0 Å². The van der Waals surface area contributed by atoms with E-state index >= 15 is 0 Å². The number of thiazole rings is 1. The molecule has 0 spiro atoms. The second kappa shape index (κ2) is 8.14. The van der Waals surface area contributed by atoms with Crippen LogP contribution in [-0.2, 0) is 6.54 Å². The highest BCUT2D eigenvalue weighted by molar-refractivity contribution is 7.14. The number of benzene rings is 1. The van der Waals surface area contributed by atoms with Crippen LogP contribution in [0.1, 0.15) is 15.4 Å². The van der Waals surface area contributed by atoms with Crippen LogP contribution in [0.5, 0.6) is 0 Å². The second-order valence-corrected chi connectivity index (χ2v) is 9.05. The molecule has 1 saturated heterocycles. The number of aromatic nitrogens is 1. The lowest BCUT2D eigenvalue weighted by Gasteiger charge is -2.34. The van der Waals surface area contributed by atoms with Crippen molar-refractivity contribution in [1.29, 1.82) is 0 Å². The highest BCUT2D eigenvalue weighted by atomic mass is 32.1. The first-order chi connectivity index (χ1) is 14.7. The molecule has 5 rings (SSSR count). The zero-order valence-electron chi connectivity index (χ0n) is 16.1. The molecule has 1 aromatic carbocycles. The van der Waals surface area contributed by atoms with E-state index in [-0.39, 0.29) is 11.5 Å². The van der Waals surface area contributed by atoms with Crippen LogP contribution in [0.2, 0.25) is 0 Å². The van der Waals surface area contributed by atoms with Crippen LogP contribution >= 0.6 is 22.7 Å². The third kappa shape index (κ3) is 3.81. The summed E-state index contributed by atoms with van der Waals surface area (Å²) in [4.78, 5) is 35.1. The first kappa shape index (κ1) is 19.2. The fraction of sp³-hybridized carbons (Fsp3) is 0.227. The van der Waals surface area contributed by atoms with Crippen molar-refractivity contribution in [3.8, 4) is 10.6 Å². The molecule has 0 atom stereocenters. The summed E-state index contributed by atoms with van der Waals surface area (Å²) in [5.74, 6) is -0.261. The number of thiophene rings is 1. The van der Waals surface area contributed by atoms with Gasteiger partial charge in [0.05, 0.1) is 17.1 Å². The molecule has 8 heteroatoms. The van der Waals surface area contributed by atoms with E-state index in [1.54, 1.807) is 45.8 Å². The molecule has 1 fully saturated rings. The minimum Gasteiger partial charge on any atom is -0.422 e. The molecule has 0 N–H and O–H groups in total. The number of fused-ring (bicyclic) bond motifs is 1. The normalized spacial score (nSPS) is 15.0. The maximum Gasteiger partial charge on any atom is 0.349 e. The van der Waals surface area contributed by atoms with E-state index in [0.29, 0.717) is 18.7 Å². The Balaban J connectivity index is 1.23. The molecule has 0 radical (unpaired) electrons. The molecule has 30 heavy (non-hydrogen) atoms. The molecule has 6 nitrogen and oxygen atoms in total. The molecule has 0 saturated carbocycles. The van der Waals surface area contributed by atoms with E-state index in [1.807, 2.05) is 18.2 Å². The van der Waals surface area contributed by atoms with Gasteiger partial charge in [0, 0.05) is 36.9 Å². The molecule has 1 amide bonds. The Bertz CT molecular complexity index is 1240. The summed E-state index contributed by atoms with van der Waals surface area (Å²) in [6.45, 7) is 3.43. The Morgan fingerprint density at radius 1 is 1.07 bits per heavy atom. The van der Waals surface area contributed by atoms with Crippen molar-refractivity contribution < 1.29 is 9.21 Å². The molecular formula is C22H19N3O3S2. The van der Waals surface area contributed by atoms with Gasteiger partial charge in [-0.05, 0) is 23.6 Å². The van der Waals surface area contributed by atoms with Gasteiger partial charge in [0.2, 0.25) is 0 Å². The van der Waals surface area contributed by atoms with Crippen LogP contribution in [0, 0.1) is 0 Å². The van der Waals surface area contributed by atoms with Crippen LogP contribution in [-0.4, -0.2) is 46.9 Å². The van der Waals surface area contributed by atoms with Gasteiger partial charge in [-0.15, -0.1) is 22.7 Å². The zero-order chi connectivity index (χ0) is 20.5. The van der Waals surface area contributed by atoms with Crippen molar-refractivity contribution in [1.82, 2.24) is 14.8 Å². The van der Waals surface area contributed by atoms with Crippen LogP contribution in [0.3, 0.4) is 0 Å².